The van der Waals surface area contributed by atoms with Crippen molar-refractivity contribution in [2.45, 2.75) is 0 Å². The molecule has 0 bridgehead atoms. The van der Waals surface area contributed by atoms with Gasteiger partial charge in [0, 0.05) is 0 Å². The molecule has 7 aromatic rings. The van der Waals surface area contributed by atoms with E-state index in [1.54, 1.807) is 0 Å². The average molecular weight is 615 g/mol. The molecule has 47 heavy (non-hydrogen) atoms. The molecule has 1 heteroatoms. The van der Waals surface area contributed by atoms with Crippen LogP contribution in [0, 0.1) is 0 Å². The maximum atomic E-state index is 2.30. The molecule has 222 valence electrons. The molecule has 7 aromatic carbocycles. The molecule has 0 aromatic heterocycles. The van der Waals surface area contributed by atoms with Crippen molar-refractivity contribution in [3.8, 4) is 11.1 Å². The Morgan fingerprint density at radius 1 is 0.298 bits per heavy atom. The Labute approximate surface area is 280 Å². The topological polar surface area (TPSA) is 0 Å². The van der Waals surface area contributed by atoms with E-state index in [9.17, 15) is 0 Å². The van der Waals surface area contributed by atoms with Gasteiger partial charge in [0.15, 0.2) is 0 Å². The highest BCUT2D eigenvalue weighted by atomic mass is 28.2. The molecule has 0 nitrogen and oxygen atoms in total. The van der Waals surface area contributed by atoms with Crippen LogP contribution in [-0.4, -0.2) is 9.52 Å². The van der Waals surface area contributed by atoms with Crippen LogP contribution < -0.4 is 10.4 Å². The molecule has 0 saturated carbocycles. The zero-order chi connectivity index (χ0) is 31.7. The highest BCUT2D eigenvalue weighted by Crippen LogP contribution is 2.29. The van der Waals surface area contributed by atoms with Gasteiger partial charge in [-0.1, -0.05) is 204 Å². The second-order valence-corrected chi connectivity index (χ2v) is 12.9. The van der Waals surface area contributed by atoms with Crippen molar-refractivity contribution in [3.63, 3.8) is 0 Å². The van der Waals surface area contributed by atoms with E-state index < -0.39 is 0 Å². The first-order valence-electron chi connectivity index (χ1n) is 16.0. The van der Waals surface area contributed by atoms with E-state index in [2.05, 4.69) is 206 Å². The maximum Gasteiger partial charge on any atom is 0.121 e. The van der Waals surface area contributed by atoms with Crippen molar-refractivity contribution >= 4 is 43.2 Å². The molecule has 0 amide bonds. The number of benzene rings is 7. The molecule has 0 N–H and O–H groups in total. The smallest absolute Gasteiger partial charge is 0.0631 e. The fourth-order valence-corrected chi connectivity index (χ4v) is 6.84. The van der Waals surface area contributed by atoms with Crippen molar-refractivity contribution in [3.05, 3.63) is 228 Å². The Balaban J connectivity index is 1.13. The van der Waals surface area contributed by atoms with E-state index in [1.165, 1.54) is 66.0 Å². The molecule has 0 aliphatic carbocycles. The fourth-order valence-electron chi connectivity index (χ4n) is 5.82. The van der Waals surface area contributed by atoms with Gasteiger partial charge in [-0.25, -0.2) is 0 Å². The first kappa shape index (κ1) is 29.9. The lowest BCUT2D eigenvalue weighted by Crippen LogP contribution is -2.26. The van der Waals surface area contributed by atoms with E-state index >= 15 is 0 Å². The van der Waals surface area contributed by atoms with E-state index in [-0.39, 0.29) is 0 Å². The van der Waals surface area contributed by atoms with Crippen LogP contribution in [0.3, 0.4) is 0 Å². The van der Waals surface area contributed by atoms with E-state index in [4.69, 9.17) is 0 Å². The van der Waals surface area contributed by atoms with Crippen LogP contribution in [0.25, 0.3) is 34.4 Å². The monoisotopic (exact) mass is 614 g/mol. The van der Waals surface area contributed by atoms with Crippen LogP contribution in [0.5, 0.6) is 0 Å². The first-order valence-corrected chi connectivity index (χ1v) is 17.0. The molecule has 0 unspecified atom stereocenters. The summed E-state index contributed by atoms with van der Waals surface area (Å²) in [6.07, 6.45) is 4.58. The summed E-state index contributed by atoms with van der Waals surface area (Å²) in [6.45, 7) is 0. The molecule has 7 rings (SSSR count). The van der Waals surface area contributed by atoms with Crippen LogP contribution in [0.2, 0.25) is 0 Å². The molecule has 0 aliphatic heterocycles. The summed E-state index contributed by atoms with van der Waals surface area (Å²) >= 11 is 0. The molecular weight excluding hydrogens is 581 g/mol. The zero-order valence-corrected chi connectivity index (χ0v) is 27.1. The summed E-state index contributed by atoms with van der Waals surface area (Å²) in [5.74, 6) is 0. The predicted octanol–water partition coefficient (Wildman–Crippen LogP) is 10.2. The fraction of sp³-hybridized carbons (Fsp3) is 0. The number of rotatable bonds is 9. The summed E-state index contributed by atoms with van der Waals surface area (Å²) in [4.78, 5) is 0. The number of hydrogen-bond acceptors (Lipinski definition) is 0. The largest absolute Gasteiger partial charge is 0.121 e. The first-order chi connectivity index (χ1) is 23.3. The van der Waals surface area contributed by atoms with Gasteiger partial charge in [-0.3, -0.25) is 0 Å². The molecular formula is C46H34Si. The normalized spacial score (nSPS) is 11.2. The summed E-state index contributed by atoms with van der Waals surface area (Å²) in [5, 5.41) is 2.70. The quantitative estimate of drug-likeness (QED) is 0.112. The zero-order valence-electron chi connectivity index (χ0n) is 26.1. The maximum absolute atomic E-state index is 2.30. The Bertz CT molecular complexity index is 2030. The lowest BCUT2D eigenvalue weighted by Gasteiger charge is -2.11. The van der Waals surface area contributed by atoms with Crippen molar-refractivity contribution in [1.29, 1.82) is 0 Å². The van der Waals surface area contributed by atoms with E-state index in [0.717, 1.165) is 0 Å². The molecule has 0 saturated heterocycles. The average Bonchev–Trinajstić information content (AvgIpc) is 3.15. The third-order valence-corrected chi connectivity index (χ3v) is 9.53. The Kier molecular flexibility index (Phi) is 9.27. The highest BCUT2D eigenvalue weighted by molar-refractivity contribution is 6.67. The molecule has 0 atom stereocenters. The van der Waals surface area contributed by atoms with E-state index in [1.807, 2.05) is 0 Å². The summed E-state index contributed by atoms with van der Waals surface area (Å²) in [7, 11) is 0.653. The van der Waals surface area contributed by atoms with Crippen LogP contribution in [0.4, 0.5) is 0 Å². The van der Waals surface area contributed by atoms with Gasteiger partial charge in [0.2, 0.25) is 0 Å². The van der Waals surface area contributed by atoms with Crippen LogP contribution in [-0.2, 0) is 0 Å². The van der Waals surface area contributed by atoms with Gasteiger partial charge in [0.25, 0.3) is 0 Å². The van der Waals surface area contributed by atoms with Crippen LogP contribution in [0.15, 0.2) is 194 Å². The van der Waals surface area contributed by atoms with Gasteiger partial charge in [-0.05, 0) is 67.8 Å². The summed E-state index contributed by atoms with van der Waals surface area (Å²) < 4.78 is 0. The van der Waals surface area contributed by atoms with Crippen molar-refractivity contribution < 1.29 is 0 Å². The van der Waals surface area contributed by atoms with Crippen molar-refractivity contribution in [1.82, 2.24) is 0 Å². The second kappa shape index (κ2) is 14.6. The van der Waals surface area contributed by atoms with Crippen LogP contribution >= 0.6 is 0 Å². The minimum atomic E-state index is 0.653. The Morgan fingerprint density at radius 2 is 0.617 bits per heavy atom. The molecule has 0 spiro atoms. The molecule has 0 aliphatic rings. The van der Waals surface area contributed by atoms with Gasteiger partial charge < -0.3 is 0 Å². The standard InChI is InChI=1S/C46H34Si/c1-5-13-39(14-6-1)45(40-15-7-2-8-16-40)33-35-21-25-37(26-22-35)38-27-23-36(24-28-38)34-46(41-17-9-3-10-18-41)42-29-31-44(32-30-42)47-43-19-11-4-12-20-43/h1-34H/b46-34+. The Morgan fingerprint density at radius 3 is 1.00 bits per heavy atom. The third kappa shape index (κ3) is 7.56. The SMILES string of the molecule is C(=C(c1ccccc1)c1ccccc1)c1ccc(-c2ccc(/C=C(\c3ccccc3)c3ccc([Si]c4ccccc4)cc3)cc2)cc1. The lowest BCUT2D eigenvalue weighted by atomic mass is 9.94. The summed E-state index contributed by atoms with van der Waals surface area (Å²) in [6, 6.07) is 69.4. The van der Waals surface area contributed by atoms with Crippen molar-refractivity contribution in [2.24, 2.45) is 0 Å². The third-order valence-electron chi connectivity index (χ3n) is 8.29. The van der Waals surface area contributed by atoms with Gasteiger partial charge in [0.05, 0.1) is 0 Å². The predicted molar refractivity (Wildman–Crippen MR) is 203 cm³/mol. The van der Waals surface area contributed by atoms with Crippen LogP contribution in [0.1, 0.15) is 33.4 Å². The van der Waals surface area contributed by atoms with Crippen molar-refractivity contribution in [2.75, 3.05) is 0 Å². The molecule has 0 heterocycles. The Hall–Kier alpha value is -5.76. The second-order valence-electron chi connectivity index (χ2n) is 11.5. The number of hydrogen-bond donors (Lipinski definition) is 0. The minimum absolute atomic E-state index is 0.653. The van der Waals surface area contributed by atoms with Gasteiger partial charge >= 0.3 is 0 Å². The van der Waals surface area contributed by atoms with Gasteiger partial charge in [-0.2, -0.15) is 0 Å². The van der Waals surface area contributed by atoms with Gasteiger partial charge in [-0.15, -0.1) is 0 Å². The minimum Gasteiger partial charge on any atom is -0.0631 e. The molecule has 2 radical (unpaired) electrons. The molecule has 0 fully saturated rings. The lowest BCUT2D eigenvalue weighted by molar-refractivity contribution is 1.54. The summed E-state index contributed by atoms with van der Waals surface area (Å²) in [5.41, 5.74) is 12.1. The highest BCUT2D eigenvalue weighted by Gasteiger charge is 2.08. The van der Waals surface area contributed by atoms with E-state index in [0.29, 0.717) is 9.52 Å². The van der Waals surface area contributed by atoms with Gasteiger partial charge in [0.1, 0.15) is 9.52 Å².